The first-order valence-corrected chi connectivity index (χ1v) is 13.1. The highest BCUT2D eigenvalue weighted by molar-refractivity contribution is 5.98. The first-order chi connectivity index (χ1) is 17.9. The Balaban J connectivity index is 1.41. The highest BCUT2D eigenvalue weighted by Crippen LogP contribution is 2.47. The lowest BCUT2D eigenvalue weighted by Crippen LogP contribution is -2.61. The van der Waals surface area contributed by atoms with E-state index in [1.807, 2.05) is 17.9 Å². The van der Waals surface area contributed by atoms with Crippen LogP contribution in [0.1, 0.15) is 68.7 Å². The van der Waals surface area contributed by atoms with Crippen LogP contribution in [0.4, 0.5) is 5.82 Å². The molecule has 2 aromatic heterocycles. The first-order valence-electron chi connectivity index (χ1n) is 13.1. The molecule has 2 aliphatic carbocycles. The third-order valence-electron chi connectivity index (χ3n) is 8.41. The van der Waals surface area contributed by atoms with Crippen molar-refractivity contribution < 1.29 is 4.79 Å². The van der Waals surface area contributed by atoms with Crippen LogP contribution in [0.5, 0.6) is 0 Å². The van der Waals surface area contributed by atoms with Gasteiger partial charge in [-0.1, -0.05) is 6.07 Å². The SMILES string of the molecule is Cc1nn(-c2ccc(C3CC3)c3c(N4C[C@@H](C)N(C(=O)C5(C#N)CCC5)C[C@@H]4C)ncnc23)cc1C#N. The molecule has 37 heavy (non-hydrogen) atoms. The van der Waals surface area contributed by atoms with Gasteiger partial charge in [-0.05, 0) is 70.4 Å². The van der Waals surface area contributed by atoms with Crippen LogP contribution in [0.2, 0.25) is 0 Å². The average molecular weight is 495 g/mol. The Morgan fingerprint density at radius 2 is 1.89 bits per heavy atom. The fraction of sp³-hybridized carbons (Fsp3) is 0.500. The number of hydrogen-bond acceptors (Lipinski definition) is 7. The number of carbonyl (C=O) groups is 1. The van der Waals surface area contributed by atoms with Crippen molar-refractivity contribution in [3.8, 4) is 17.8 Å². The van der Waals surface area contributed by atoms with Gasteiger partial charge in [-0.2, -0.15) is 15.6 Å². The molecule has 3 heterocycles. The molecular formula is C28H30N8O. The van der Waals surface area contributed by atoms with Crippen LogP contribution in [0.15, 0.2) is 24.7 Å². The van der Waals surface area contributed by atoms with E-state index < -0.39 is 5.41 Å². The molecule has 3 fully saturated rings. The average Bonchev–Trinajstić information content (AvgIpc) is 3.65. The minimum Gasteiger partial charge on any atom is -0.349 e. The number of amides is 1. The third kappa shape index (κ3) is 3.64. The molecule has 188 valence electrons. The summed E-state index contributed by atoms with van der Waals surface area (Å²) in [5.74, 6) is 1.35. The molecule has 0 spiro atoms. The number of nitrogens with zero attached hydrogens (tertiary/aromatic N) is 8. The Morgan fingerprint density at radius 1 is 1.11 bits per heavy atom. The topological polar surface area (TPSA) is 115 Å². The summed E-state index contributed by atoms with van der Waals surface area (Å²) in [5, 5.41) is 24.8. The van der Waals surface area contributed by atoms with Gasteiger partial charge in [0.1, 0.15) is 29.1 Å². The highest BCUT2D eigenvalue weighted by atomic mass is 16.2. The molecule has 0 N–H and O–H groups in total. The van der Waals surface area contributed by atoms with E-state index in [9.17, 15) is 15.3 Å². The van der Waals surface area contributed by atoms with Gasteiger partial charge < -0.3 is 9.80 Å². The summed E-state index contributed by atoms with van der Waals surface area (Å²) in [4.78, 5) is 27.1. The summed E-state index contributed by atoms with van der Waals surface area (Å²) in [5.41, 5.74) is 3.27. The summed E-state index contributed by atoms with van der Waals surface area (Å²) in [7, 11) is 0. The number of aromatic nitrogens is 4. The number of fused-ring (bicyclic) bond motifs is 1. The molecule has 1 aliphatic heterocycles. The Labute approximate surface area is 216 Å². The van der Waals surface area contributed by atoms with Gasteiger partial charge in [0, 0.05) is 36.8 Å². The van der Waals surface area contributed by atoms with E-state index in [-0.39, 0.29) is 18.0 Å². The van der Waals surface area contributed by atoms with Crippen LogP contribution < -0.4 is 4.90 Å². The number of hydrogen-bond donors (Lipinski definition) is 0. The van der Waals surface area contributed by atoms with Crippen LogP contribution in [0.25, 0.3) is 16.6 Å². The van der Waals surface area contributed by atoms with Crippen molar-refractivity contribution >= 4 is 22.6 Å². The molecule has 3 aromatic rings. The highest BCUT2D eigenvalue weighted by Gasteiger charge is 2.49. The van der Waals surface area contributed by atoms with Gasteiger partial charge in [0.15, 0.2) is 0 Å². The molecule has 9 heteroatoms. The van der Waals surface area contributed by atoms with Crippen LogP contribution in [0, 0.1) is 35.0 Å². The minimum atomic E-state index is -0.837. The van der Waals surface area contributed by atoms with Gasteiger partial charge in [0.2, 0.25) is 5.91 Å². The quantitative estimate of drug-likeness (QED) is 0.538. The maximum Gasteiger partial charge on any atom is 0.243 e. The first kappa shape index (κ1) is 23.4. The molecule has 6 rings (SSSR count). The fourth-order valence-corrected chi connectivity index (χ4v) is 5.88. The molecular weight excluding hydrogens is 464 g/mol. The number of nitriles is 2. The summed E-state index contributed by atoms with van der Waals surface area (Å²) in [6.45, 7) is 7.20. The number of rotatable bonds is 4. The van der Waals surface area contributed by atoms with Crippen molar-refractivity contribution in [2.45, 2.75) is 70.9 Å². The van der Waals surface area contributed by atoms with E-state index in [1.165, 1.54) is 5.56 Å². The van der Waals surface area contributed by atoms with Gasteiger partial charge >= 0.3 is 0 Å². The summed E-state index contributed by atoms with van der Waals surface area (Å²) < 4.78 is 1.74. The Kier molecular flexibility index (Phi) is 5.41. The minimum absolute atomic E-state index is 0.0175. The van der Waals surface area contributed by atoms with Crippen molar-refractivity contribution in [2.75, 3.05) is 18.0 Å². The van der Waals surface area contributed by atoms with Crippen molar-refractivity contribution in [2.24, 2.45) is 5.41 Å². The van der Waals surface area contributed by atoms with E-state index >= 15 is 0 Å². The lowest BCUT2D eigenvalue weighted by atomic mass is 9.68. The Hall–Kier alpha value is -3.98. The predicted molar refractivity (Wildman–Crippen MR) is 138 cm³/mol. The number of aryl methyl sites for hydroxylation is 1. The van der Waals surface area contributed by atoms with Gasteiger partial charge in [-0.25, -0.2) is 14.6 Å². The van der Waals surface area contributed by atoms with E-state index in [4.69, 9.17) is 9.97 Å². The zero-order valence-electron chi connectivity index (χ0n) is 21.5. The van der Waals surface area contributed by atoms with E-state index in [2.05, 4.69) is 42.1 Å². The molecule has 2 saturated carbocycles. The Bertz CT molecular complexity index is 1490. The van der Waals surface area contributed by atoms with E-state index in [0.29, 0.717) is 43.1 Å². The molecule has 9 nitrogen and oxygen atoms in total. The zero-order chi connectivity index (χ0) is 25.9. The van der Waals surface area contributed by atoms with Crippen molar-refractivity contribution in [3.63, 3.8) is 0 Å². The maximum absolute atomic E-state index is 13.4. The Morgan fingerprint density at radius 3 is 2.51 bits per heavy atom. The number of carbonyl (C=O) groups excluding carboxylic acids is 1. The molecule has 1 amide bonds. The van der Waals surface area contributed by atoms with Gasteiger partial charge in [0.05, 0.1) is 23.0 Å². The summed E-state index contributed by atoms with van der Waals surface area (Å²) >= 11 is 0. The van der Waals surface area contributed by atoms with Crippen LogP contribution in [-0.2, 0) is 4.79 Å². The van der Waals surface area contributed by atoms with Gasteiger partial charge in [-0.3, -0.25) is 4.79 Å². The van der Waals surface area contributed by atoms with E-state index in [1.54, 1.807) is 17.2 Å². The maximum atomic E-state index is 13.4. The molecule has 0 unspecified atom stereocenters. The largest absolute Gasteiger partial charge is 0.349 e. The van der Waals surface area contributed by atoms with Crippen molar-refractivity contribution in [1.82, 2.24) is 24.6 Å². The summed E-state index contributed by atoms with van der Waals surface area (Å²) in [6.07, 6.45) is 7.91. The molecule has 3 aliphatic rings. The van der Waals surface area contributed by atoms with Crippen molar-refractivity contribution in [1.29, 1.82) is 10.5 Å². The van der Waals surface area contributed by atoms with Gasteiger partial charge in [0.25, 0.3) is 0 Å². The van der Waals surface area contributed by atoms with Crippen molar-refractivity contribution in [3.05, 3.63) is 41.5 Å². The van der Waals surface area contributed by atoms with E-state index in [0.717, 1.165) is 41.7 Å². The fourth-order valence-electron chi connectivity index (χ4n) is 5.88. The lowest BCUT2D eigenvalue weighted by molar-refractivity contribution is -0.146. The number of anilines is 1. The smallest absolute Gasteiger partial charge is 0.243 e. The van der Waals surface area contributed by atoms with Gasteiger partial charge in [-0.15, -0.1) is 0 Å². The monoisotopic (exact) mass is 494 g/mol. The summed E-state index contributed by atoms with van der Waals surface area (Å²) in [6, 6.07) is 8.72. The number of benzene rings is 1. The molecule has 1 aromatic carbocycles. The predicted octanol–water partition coefficient (Wildman–Crippen LogP) is 3.99. The second kappa shape index (κ2) is 8.55. The second-order valence-electron chi connectivity index (χ2n) is 10.9. The lowest BCUT2D eigenvalue weighted by Gasteiger charge is -2.48. The number of piperazine rings is 1. The molecule has 2 atom stereocenters. The molecule has 0 bridgehead atoms. The van der Waals surface area contributed by atoms with Crippen LogP contribution >= 0.6 is 0 Å². The normalized spacial score (nSPS) is 22.8. The third-order valence-corrected chi connectivity index (χ3v) is 8.41. The second-order valence-corrected chi connectivity index (χ2v) is 10.9. The van der Waals surface area contributed by atoms with Crippen LogP contribution in [-0.4, -0.2) is 55.7 Å². The van der Waals surface area contributed by atoms with Crippen LogP contribution in [0.3, 0.4) is 0 Å². The molecule has 1 saturated heterocycles. The molecule has 0 radical (unpaired) electrons. The zero-order valence-corrected chi connectivity index (χ0v) is 21.5. The standard InChI is InChI=1S/C28H30N8O/c1-17-13-35(27(37)28(15-30)9-4-10-28)18(2)12-34(17)26-24-22(20-5-6-20)7-8-23(25(24)31-16-32-26)36-14-21(11-29)19(3)33-36/h7-8,14,16-18,20H,4-6,9-10,12-13H2,1-3H3/t17-,18+/m0/s1.